The molecule has 0 saturated heterocycles. The van der Waals surface area contributed by atoms with Gasteiger partial charge in [-0.15, -0.1) is 0 Å². The molecule has 2 atom stereocenters. The summed E-state index contributed by atoms with van der Waals surface area (Å²) in [5.74, 6) is 2.24. The van der Waals surface area contributed by atoms with Crippen LogP contribution < -0.4 is 23.7 Å². The number of ether oxygens (including phenoxy) is 5. The molecule has 4 aliphatic heterocycles. The number of benzene rings is 4. The van der Waals surface area contributed by atoms with E-state index in [-0.39, 0.29) is 40.4 Å². The minimum atomic E-state index is -4.68. The number of phenolic OH excluding ortho intramolecular Hbond substituents is 1. The second kappa shape index (κ2) is 12.8. The molecular formula is C37H40N2O9S. The van der Waals surface area contributed by atoms with Crippen LogP contribution in [0.2, 0.25) is 0 Å². The van der Waals surface area contributed by atoms with E-state index < -0.39 is 16.2 Å². The Hall–Kier alpha value is -4.49. The number of phenols is 1. The average Bonchev–Trinajstić information content (AvgIpc) is 3.08. The van der Waals surface area contributed by atoms with Gasteiger partial charge in [0, 0.05) is 36.8 Å². The summed E-state index contributed by atoms with van der Waals surface area (Å²) in [5, 5.41) is 11.7. The van der Waals surface area contributed by atoms with E-state index in [4.69, 9.17) is 23.7 Å². The highest BCUT2D eigenvalue weighted by atomic mass is 32.2. The van der Waals surface area contributed by atoms with Gasteiger partial charge in [0.05, 0.1) is 21.3 Å². The van der Waals surface area contributed by atoms with Gasteiger partial charge in [-0.25, -0.2) is 0 Å². The van der Waals surface area contributed by atoms with Crippen molar-refractivity contribution in [2.45, 2.75) is 42.7 Å². The van der Waals surface area contributed by atoms with Crippen molar-refractivity contribution in [1.82, 2.24) is 9.80 Å². The summed E-state index contributed by atoms with van der Waals surface area (Å²) in [4.78, 5) is 4.11. The van der Waals surface area contributed by atoms with Crippen LogP contribution in [0.1, 0.15) is 45.5 Å². The molecule has 0 unspecified atom stereocenters. The lowest BCUT2D eigenvalue weighted by Crippen LogP contribution is -2.34. The summed E-state index contributed by atoms with van der Waals surface area (Å²) in [6.07, 6.45) is 2.31. The number of fused-ring (bicyclic) bond motifs is 2. The first kappa shape index (κ1) is 33.0. The molecule has 4 aromatic carbocycles. The molecule has 12 heteroatoms. The minimum absolute atomic E-state index is 0.0463. The number of aromatic hydroxyl groups is 1. The second-order valence-electron chi connectivity index (χ2n) is 12.9. The van der Waals surface area contributed by atoms with Crippen LogP contribution in [0.4, 0.5) is 0 Å². The number of rotatable bonds is 4. The van der Waals surface area contributed by atoms with E-state index >= 15 is 0 Å². The molecule has 4 aliphatic rings. The first-order chi connectivity index (χ1) is 23.5. The quantitative estimate of drug-likeness (QED) is 0.241. The lowest BCUT2D eigenvalue weighted by atomic mass is 9.87. The van der Waals surface area contributed by atoms with Gasteiger partial charge in [0.15, 0.2) is 34.5 Å². The highest BCUT2D eigenvalue weighted by Gasteiger charge is 2.35. The van der Waals surface area contributed by atoms with Crippen LogP contribution in [0, 0.1) is 0 Å². The number of hydrogen-bond donors (Lipinski definition) is 2. The molecule has 0 amide bonds. The Morgan fingerprint density at radius 1 is 0.735 bits per heavy atom. The minimum Gasteiger partial charge on any atom is -0.502 e. The molecule has 8 rings (SSSR count). The van der Waals surface area contributed by atoms with Gasteiger partial charge in [0.1, 0.15) is 10.6 Å². The maximum atomic E-state index is 12.8. The summed E-state index contributed by atoms with van der Waals surface area (Å²) in [6.45, 7) is 1.51. The second-order valence-corrected chi connectivity index (χ2v) is 14.3. The number of methoxy groups -OCH3 is 3. The van der Waals surface area contributed by atoms with Crippen LogP contribution in [0.3, 0.4) is 0 Å². The van der Waals surface area contributed by atoms with Crippen LogP contribution in [0.25, 0.3) is 0 Å². The molecule has 0 radical (unpaired) electrons. The smallest absolute Gasteiger partial charge is 0.294 e. The Morgan fingerprint density at radius 2 is 1.35 bits per heavy atom. The standard InChI is InChI=1S/C37H40N2O9S/c1-38-12-10-22-16-29(44-3)32-19-26(22)27(38)14-21-6-8-25(9-7-21)47-31-18-24(34(49(41,42)43)20-30(31)45-4)15-28-35-23(11-13-39(28)2)17-33(46-5)36(40)37(35)48-32/h6-9,16-20,27-28,40H,10-15H2,1-5H3,(H,41,42,43)/t27-,28-/m0/s1. The average molecular weight is 689 g/mol. The molecule has 49 heavy (non-hydrogen) atoms. The van der Waals surface area contributed by atoms with Crippen molar-refractivity contribution in [3.63, 3.8) is 0 Å². The molecule has 0 aromatic heterocycles. The summed E-state index contributed by atoms with van der Waals surface area (Å²) < 4.78 is 66.1. The fourth-order valence-electron chi connectivity index (χ4n) is 7.38. The molecule has 11 nitrogen and oxygen atoms in total. The van der Waals surface area contributed by atoms with Crippen molar-refractivity contribution < 1.29 is 41.8 Å². The van der Waals surface area contributed by atoms with Crippen LogP contribution in [-0.2, 0) is 35.8 Å². The molecule has 258 valence electrons. The summed E-state index contributed by atoms with van der Waals surface area (Å²) in [6, 6.07) is 16.1. The van der Waals surface area contributed by atoms with Crippen LogP contribution in [0.15, 0.2) is 59.5 Å². The lowest BCUT2D eigenvalue weighted by molar-refractivity contribution is 0.219. The number of hydrogen-bond acceptors (Lipinski definition) is 10. The van der Waals surface area contributed by atoms with E-state index in [9.17, 15) is 18.1 Å². The summed E-state index contributed by atoms with van der Waals surface area (Å²) in [5.41, 5.74) is 5.23. The molecule has 0 saturated carbocycles. The van der Waals surface area contributed by atoms with Gasteiger partial charge >= 0.3 is 0 Å². The van der Waals surface area contributed by atoms with Gasteiger partial charge in [-0.2, -0.15) is 8.42 Å². The van der Waals surface area contributed by atoms with Crippen molar-refractivity contribution >= 4 is 10.1 Å². The topological polar surface area (TPSA) is 127 Å². The third kappa shape index (κ3) is 6.03. The van der Waals surface area contributed by atoms with E-state index in [1.807, 2.05) is 43.4 Å². The van der Waals surface area contributed by atoms with E-state index in [0.29, 0.717) is 47.1 Å². The summed E-state index contributed by atoms with van der Waals surface area (Å²) in [7, 11) is 3.88. The van der Waals surface area contributed by atoms with Crippen molar-refractivity contribution in [1.29, 1.82) is 0 Å². The fourth-order valence-corrected chi connectivity index (χ4v) is 8.11. The zero-order chi connectivity index (χ0) is 34.6. The Kier molecular flexibility index (Phi) is 8.60. The Balaban J connectivity index is 1.50. The maximum Gasteiger partial charge on any atom is 0.294 e. The zero-order valence-electron chi connectivity index (χ0n) is 28.1. The molecule has 0 fully saturated rings. The van der Waals surface area contributed by atoms with E-state index in [1.54, 1.807) is 19.2 Å². The van der Waals surface area contributed by atoms with Gasteiger partial charge < -0.3 is 28.8 Å². The van der Waals surface area contributed by atoms with E-state index in [1.165, 1.54) is 25.8 Å². The van der Waals surface area contributed by atoms with Gasteiger partial charge in [-0.05, 0) is 104 Å². The zero-order valence-corrected chi connectivity index (χ0v) is 29.0. The molecule has 6 bridgehead atoms. The Bertz CT molecular complexity index is 2030. The van der Waals surface area contributed by atoms with Gasteiger partial charge in [-0.3, -0.25) is 14.4 Å². The third-order valence-electron chi connectivity index (χ3n) is 10.0. The lowest BCUT2D eigenvalue weighted by Gasteiger charge is -2.37. The first-order valence-corrected chi connectivity index (χ1v) is 17.6. The number of likely N-dealkylation sites (N-methyl/N-ethyl adjacent to an activating group) is 2. The van der Waals surface area contributed by atoms with E-state index in [0.717, 1.165) is 36.1 Å². The Morgan fingerprint density at radius 3 is 2.02 bits per heavy atom. The SMILES string of the molecule is COc1cc(S(=O)(=O)O)c2cc1Oc1ccc(cc1)C[C@H]1c3cc(c(OC)cc3CCN1C)Oc1c(O)c(OC)cc3c1[C@H](C2)N(C)CC3. The summed E-state index contributed by atoms with van der Waals surface area (Å²) >= 11 is 0. The highest BCUT2D eigenvalue weighted by Crippen LogP contribution is 2.52. The van der Waals surface area contributed by atoms with Crippen LogP contribution >= 0.6 is 0 Å². The predicted octanol–water partition coefficient (Wildman–Crippen LogP) is 6.11. The third-order valence-corrected chi connectivity index (χ3v) is 11.0. The molecule has 0 spiro atoms. The highest BCUT2D eigenvalue weighted by molar-refractivity contribution is 7.85. The van der Waals surface area contributed by atoms with E-state index in [2.05, 4.69) is 16.8 Å². The van der Waals surface area contributed by atoms with Crippen LogP contribution in [0.5, 0.6) is 46.0 Å². The molecule has 4 aromatic rings. The Labute approximate surface area is 286 Å². The first-order valence-electron chi connectivity index (χ1n) is 16.2. The van der Waals surface area contributed by atoms with Crippen molar-refractivity contribution in [2.24, 2.45) is 0 Å². The van der Waals surface area contributed by atoms with Gasteiger partial charge in [0.25, 0.3) is 10.1 Å². The largest absolute Gasteiger partial charge is 0.502 e. The molecule has 4 heterocycles. The fraction of sp³-hybridized carbons (Fsp3) is 0.351. The van der Waals surface area contributed by atoms with Crippen LogP contribution in [-0.4, -0.2) is 76.4 Å². The van der Waals surface area contributed by atoms with Crippen molar-refractivity contribution in [3.8, 4) is 46.0 Å². The number of nitrogens with zero attached hydrogens (tertiary/aromatic N) is 2. The van der Waals surface area contributed by atoms with Crippen molar-refractivity contribution in [3.05, 3.63) is 88.0 Å². The van der Waals surface area contributed by atoms with Gasteiger partial charge in [-0.1, -0.05) is 12.1 Å². The normalized spacial score (nSPS) is 19.1. The molecule has 0 aliphatic carbocycles. The van der Waals surface area contributed by atoms with Crippen molar-refractivity contribution in [2.75, 3.05) is 48.5 Å². The molecule has 2 N–H and O–H groups in total. The monoisotopic (exact) mass is 688 g/mol. The predicted molar refractivity (Wildman–Crippen MR) is 183 cm³/mol. The maximum absolute atomic E-state index is 12.8. The molecular weight excluding hydrogens is 648 g/mol. The van der Waals surface area contributed by atoms with Gasteiger partial charge in [0.2, 0.25) is 5.75 Å².